The van der Waals surface area contributed by atoms with Crippen LogP contribution in [0.3, 0.4) is 0 Å². The molecule has 4 heteroatoms. The molecule has 2 unspecified atom stereocenters. The zero-order chi connectivity index (χ0) is 15.1. The van der Waals surface area contributed by atoms with Gasteiger partial charge >= 0.3 is 0 Å². The molecular weight excluding hydrogens is 266 g/mol. The summed E-state index contributed by atoms with van der Waals surface area (Å²) in [6.07, 6.45) is 4.36. The summed E-state index contributed by atoms with van der Waals surface area (Å²) in [5.41, 5.74) is -0.105. The average Bonchev–Trinajstić information content (AvgIpc) is 2.91. The van der Waals surface area contributed by atoms with Crippen molar-refractivity contribution in [1.29, 1.82) is 0 Å². The molecule has 1 aliphatic rings. The third-order valence-electron chi connectivity index (χ3n) is 4.54. The van der Waals surface area contributed by atoms with Gasteiger partial charge in [0.05, 0.1) is 20.3 Å². The fraction of sp³-hybridized carbons (Fsp3) is 0.647. The molecule has 0 amide bonds. The van der Waals surface area contributed by atoms with Crippen molar-refractivity contribution in [2.24, 2.45) is 5.92 Å². The maximum Gasteiger partial charge on any atom is 0.122 e. The molecule has 1 aromatic carbocycles. The van der Waals surface area contributed by atoms with Crippen molar-refractivity contribution in [1.82, 2.24) is 5.32 Å². The fourth-order valence-electron chi connectivity index (χ4n) is 3.42. The number of methoxy groups -OCH3 is 1. The Morgan fingerprint density at radius 3 is 2.90 bits per heavy atom. The van der Waals surface area contributed by atoms with Crippen molar-refractivity contribution in [3.63, 3.8) is 0 Å². The molecule has 2 rings (SSSR count). The minimum absolute atomic E-state index is 0.105. The van der Waals surface area contributed by atoms with Crippen LogP contribution in [-0.2, 0) is 0 Å². The Morgan fingerprint density at radius 2 is 2.19 bits per heavy atom. The summed E-state index contributed by atoms with van der Waals surface area (Å²) >= 11 is 0. The van der Waals surface area contributed by atoms with Crippen LogP contribution < -0.4 is 14.8 Å². The smallest absolute Gasteiger partial charge is 0.122 e. The molecule has 1 fully saturated rings. The van der Waals surface area contributed by atoms with Gasteiger partial charge in [-0.3, -0.25) is 0 Å². The minimum atomic E-state index is -0.105. The van der Waals surface area contributed by atoms with Gasteiger partial charge in [-0.1, -0.05) is 19.4 Å². The zero-order valence-corrected chi connectivity index (χ0v) is 13.1. The Hall–Kier alpha value is -1.26. The molecule has 0 spiro atoms. The Kier molecular flexibility index (Phi) is 5.88. The van der Waals surface area contributed by atoms with Gasteiger partial charge in [0.1, 0.15) is 11.5 Å². The van der Waals surface area contributed by atoms with E-state index in [9.17, 15) is 5.11 Å². The Balaban J connectivity index is 1.87. The highest BCUT2D eigenvalue weighted by atomic mass is 16.5. The molecule has 118 valence electrons. The number of aliphatic hydroxyl groups is 1. The van der Waals surface area contributed by atoms with Crippen LogP contribution >= 0.6 is 0 Å². The summed E-state index contributed by atoms with van der Waals surface area (Å²) in [5.74, 6) is 2.13. The monoisotopic (exact) mass is 293 g/mol. The first-order chi connectivity index (χ1) is 10.2. The summed E-state index contributed by atoms with van der Waals surface area (Å²) < 4.78 is 11.0. The van der Waals surface area contributed by atoms with Crippen LogP contribution in [0.25, 0.3) is 0 Å². The quantitative estimate of drug-likeness (QED) is 0.773. The van der Waals surface area contributed by atoms with E-state index in [-0.39, 0.29) is 12.1 Å². The molecular formula is C17H27NO3. The van der Waals surface area contributed by atoms with E-state index in [0.717, 1.165) is 37.3 Å². The first-order valence-electron chi connectivity index (χ1n) is 7.87. The van der Waals surface area contributed by atoms with Crippen LogP contribution in [0, 0.1) is 5.92 Å². The van der Waals surface area contributed by atoms with Crippen molar-refractivity contribution in [2.45, 2.75) is 38.1 Å². The van der Waals surface area contributed by atoms with Gasteiger partial charge in [-0.2, -0.15) is 0 Å². The van der Waals surface area contributed by atoms with E-state index < -0.39 is 0 Å². The third-order valence-corrected chi connectivity index (χ3v) is 4.54. The van der Waals surface area contributed by atoms with Crippen LogP contribution in [0.4, 0.5) is 0 Å². The molecule has 0 bridgehead atoms. The van der Waals surface area contributed by atoms with Gasteiger partial charge in [0.15, 0.2) is 0 Å². The summed E-state index contributed by atoms with van der Waals surface area (Å²) in [7, 11) is 1.66. The standard InChI is InChI=1S/C17H27NO3/c1-3-18-17(13-19)10-5-6-14(17)9-11-21-16-8-4-7-15(12-16)20-2/h4,7-8,12,14,18-19H,3,5-6,9-11,13H2,1-2H3. The lowest BCUT2D eigenvalue weighted by molar-refractivity contribution is 0.111. The Morgan fingerprint density at radius 1 is 1.38 bits per heavy atom. The van der Waals surface area contributed by atoms with E-state index in [2.05, 4.69) is 12.2 Å². The molecule has 1 aliphatic carbocycles. The summed E-state index contributed by atoms with van der Waals surface area (Å²) in [4.78, 5) is 0. The lowest BCUT2D eigenvalue weighted by atomic mass is 9.85. The molecule has 21 heavy (non-hydrogen) atoms. The second kappa shape index (κ2) is 7.66. The molecule has 0 heterocycles. The highest BCUT2D eigenvalue weighted by molar-refractivity contribution is 5.32. The SMILES string of the molecule is CCNC1(CO)CCCC1CCOc1cccc(OC)c1. The number of hydrogen-bond acceptors (Lipinski definition) is 4. The number of likely N-dealkylation sites (N-methyl/N-ethyl adjacent to an activating group) is 1. The van der Waals surface area contributed by atoms with Crippen LogP contribution in [0.2, 0.25) is 0 Å². The van der Waals surface area contributed by atoms with Gasteiger partial charge in [0.25, 0.3) is 0 Å². The minimum Gasteiger partial charge on any atom is -0.497 e. The fourth-order valence-corrected chi connectivity index (χ4v) is 3.42. The van der Waals surface area contributed by atoms with Crippen molar-refractivity contribution >= 4 is 0 Å². The molecule has 0 saturated heterocycles. The largest absolute Gasteiger partial charge is 0.497 e. The maximum atomic E-state index is 9.78. The van der Waals surface area contributed by atoms with Crippen molar-refractivity contribution in [2.75, 3.05) is 26.9 Å². The zero-order valence-electron chi connectivity index (χ0n) is 13.1. The van der Waals surface area contributed by atoms with Gasteiger partial charge < -0.3 is 19.9 Å². The van der Waals surface area contributed by atoms with Crippen LogP contribution in [0.1, 0.15) is 32.6 Å². The van der Waals surface area contributed by atoms with Crippen molar-refractivity contribution in [3.8, 4) is 11.5 Å². The van der Waals surface area contributed by atoms with Crippen molar-refractivity contribution in [3.05, 3.63) is 24.3 Å². The molecule has 4 nitrogen and oxygen atoms in total. The highest BCUT2D eigenvalue weighted by Crippen LogP contribution is 2.37. The first kappa shape index (κ1) is 16.1. The van der Waals surface area contributed by atoms with Gasteiger partial charge in [0.2, 0.25) is 0 Å². The van der Waals surface area contributed by atoms with Crippen LogP contribution in [0.5, 0.6) is 11.5 Å². The Labute approximate surface area is 127 Å². The summed E-state index contributed by atoms with van der Waals surface area (Å²) in [6.45, 7) is 3.88. The Bertz CT molecular complexity index is 438. The summed E-state index contributed by atoms with van der Waals surface area (Å²) in [5, 5.41) is 13.3. The topological polar surface area (TPSA) is 50.7 Å². The lowest BCUT2D eigenvalue weighted by Crippen LogP contribution is -2.51. The predicted octanol–water partition coefficient (Wildman–Crippen LogP) is 2.60. The first-order valence-corrected chi connectivity index (χ1v) is 7.87. The number of benzene rings is 1. The van der Waals surface area contributed by atoms with Gasteiger partial charge in [-0.15, -0.1) is 0 Å². The van der Waals surface area contributed by atoms with E-state index in [0.29, 0.717) is 12.5 Å². The van der Waals surface area contributed by atoms with Gasteiger partial charge in [-0.25, -0.2) is 0 Å². The molecule has 0 aliphatic heterocycles. The molecule has 2 N–H and O–H groups in total. The molecule has 1 saturated carbocycles. The molecule has 1 aromatic rings. The molecule has 0 radical (unpaired) electrons. The second-order valence-corrected chi connectivity index (χ2v) is 5.75. The number of aliphatic hydroxyl groups excluding tert-OH is 1. The van der Waals surface area contributed by atoms with E-state index >= 15 is 0 Å². The van der Waals surface area contributed by atoms with Crippen molar-refractivity contribution < 1.29 is 14.6 Å². The number of rotatable bonds is 8. The van der Waals surface area contributed by atoms with E-state index in [1.54, 1.807) is 7.11 Å². The predicted molar refractivity (Wildman–Crippen MR) is 83.9 cm³/mol. The van der Waals surface area contributed by atoms with E-state index in [1.807, 2.05) is 24.3 Å². The van der Waals surface area contributed by atoms with Crippen LogP contribution in [-0.4, -0.2) is 37.5 Å². The third kappa shape index (κ3) is 3.89. The van der Waals surface area contributed by atoms with Gasteiger partial charge in [0, 0.05) is 11.6 Å². The number of ether oxygens (including phenoxy) is 2. The number of nitrogens with one attached hydrogen (secondary N) is 1. The van der Waals surface area contributed by atoms with E-state index in [4.69, 9.17) is 9.47 Å². The second-order valence-electron chi connectivity index (χ2n) is 5.75. The molecule has 2 atom stereocenters. The van der Waals surface area contributed by atoms with E-state index in [1.165, 1.54) is 6.42 Å². The van der Waals surface area contributed by atoms with Gasteiger partial charge in [-0.05, 0) is 43.9 Å². The average molecular weight is 293 g/mol. The maximum absolute atomic E-state index is 9.78. The number of hydrogen-bond donors (Lipinski definition) is 2. The van der Waals surface area contributed by atoms with Crippen LogP contribution in [0.15, 0.2) is 24.3 Å². The normalized spacial score (nSPS) is 25.0. The summed E-state index contributed by atoms with van der Waals surface area (Å²) in [6, 6.07) is 7.69. The lowest BCUT2D eigenvalue weighted by Gasteiger charge is -2.34. The molecule has 0 aromatic heterocycles. The highest BCUT2D eigenvalue weighted by Gasteiger charge is 2.41.